The standard InChI is InChI=1S/C20H16Br3ClN4O2/c1-18(2)11(24)7-19-8-5-13(29)27(19)4-3-12-20(18,26-17(30)25-12)28(19)10-6-9(21)15(22)16(23)14(8)10/h3-4,6,8,11H,5,7H2,1-2H3,(H,26,30). The highest BCUT2D eigenvalue weighted by atomic mass is 79.9. The molecule has 4 unspecified atom stereocenters. The second kappa shape index (κ2) is 5.71. The number of nitrogens with zero attached hydrogens (tertiary/aromatic N) is 3. The van der Waals surface area contributed by atoms with Crippen molar-refractivity contribution < 1.29 is 9.59 Å². The Labute approximate surface area is 203 Å². The van der Waals surface area contributed by atoms with Gasteiger partial charge in [-0.1, -0.05) is 13.8 Å². The summed E-state index contributed by atoms with van der Waals surface area (Å²) in [6, 6.07) is 1.67. The molecule has 1 N–H and O–H groups in total. The van der Waals surface area contributed by atoms with Crippen LogP contribution in [-0.4, -0.2) is 39.3 Å². The largest absolute Gasteiger partial charge is 0.343 e. The highest BCUT2D eigenvalue weighted by Crippen LogP contribution is 2.68. The van der Waals surface area contributed by atoms with Gasteiger partial charge in [-0.15, -0.1) is 11.6 Å². The molecule has 3 amide bonds. The van der Waals surface area contributed by atoms with Crippen LogP contribution in [0.3, 0.4) is 0 Å². The fourth-order valence-corrected chi connectivity index (χ4v) is 8.28. The molecule has 2 bridgehead atoms. The van der Waals surface area contributed by atoms with Gasteiger partial charge in [-0.2, -0.15) is 4.99 Å². The van der Waals surface area contributed by atoms with E-state index in [2.05, 4.69) is 82.9 Å². The number of urea groups is 1. The summed E-state index contributed by atoms with van der Waals surface area (Å²) in [5.74, 6) is -0.0574. The number of hydrogen-bond donors (Lipinski definition) is 1. The van der Waals surface area contributed by atoms with E-state index in [0.29, 0.717) is 18.6 Å². The van der Waals surface area contributed by atoms with Crippen molar-refractivity contribution in [2.45, 2.75) is 49.3 Å². The number of rotatable bonds is 0. The monoisotopic (exact) mass is 616 g/mol. The summed E-state index contributed by atoms with van der Waals surface area (Å²) in [6.45, 7) is 4.13. The van der Waals surface area contributed by atoms with E-state index in [0.717, 1.165) is 24.7 Å². The molecule has 0 radical (unpaired) electrons. The average molecular weight is 620 g/mol. The van der Waals surface area contributed by atoms with Crippen LogP contribution in [0.1, 0.15) is 38.2 Å². The van der Waals surface area contributed by atoms with Gasteiger partial charge in [-0.05, 0) is 65.5 Å². The number of carbonyl (C=O) groups is 2. The number of alkyl halides is 1. The van der Waals surface area contributed by atoms with Crippen LogP contribution in [0.2, 0.25) is 0 Å². The van der Waals surface area contributed by atoms with Crippen molar-refractivity contribution in [3.63, 3.8) is 0 Å². The van der Waals surface area contributed by atoms with Crippen LogP contribution in [0.15, 0.2) is 36.8 Å². The molecule has 0 saturated carbocycles. The number of benzene rings is 1. The van der Waals surface area contributed by atoms with E-state index in [1.165, 1.54) is 0 Å². The van der Waals surface area contributed by atoms with Gasteiger partial charge in [0.1, 0.15) is 5.66 Å². The summed E-state index contributed by atoms with van der Waals surface area (Å²) in [5.41, 5.74) is 0.365. The lowest BCUT2D eigenvalue weighted by atomic mass is 9.65. The van der Waals surface area contributed by atoms with Crippen molar-refractivity contribution in [1.82, 2.24) is 10.2 Å². The van der Waals surface area contributed by atoms with E-state index in [9.17, 15) is 9.59 Å². The van der Waals surface area contributed by atoms with Crippen molar-refractivity contribution in [2.24, 2.45) is 10.4 Å². The van der Waals surface area contributed by atoms with Crippen molar-refractivity contribution in [2.75, 3.05) is 4.90 Å². The zero-order chi connectivity index (χ0) is 21.4. The molecule has 2 fully saturated rings. The van der Waals surface area contributed by atoms with Gasteiger partial charge >= 0.3 is 6.03 Å². The zero-order valence-electron chi connectivity index (χ0n) is 16.0. The molecule has 1 aromatic carbocycles. The summed E-state index contributed by atoms with van der Waals surface area (Å²) in [7, 11) is 0. The number of amides is 3. The Hall–Kier alpha value is -0.900. The molecule has 6 rings (SSSR count). The van der Waals surface area contributed by atoms with E-state index in [1.807, 2.05) is 4.90 Å². The first kappa shape index (κ1) is 19.8. The molecule has 10 heteroatoms. The number of piperidine rings is 1. The summed E-state index contributed by atoms with van der Waals surface area (Å²) in [4.78, 5) is 34.2. The quantitative estimate of drug-likeness (QED) is 0.320. The molecule has 6 nitrogen and oxygen atoms in total. The topological polar surface area (TPSA) is 65.0 Å². The van der Waals surface area contributed by atoms with E-state index in [1.54, 1.807) is 12.3 Å². The maximum Gasteiger partial charge on any atom is 0.343 e. The predicted molar refractivity (Wildman–Crippen MR) is 125 cm³/mol. The first-order valence-electron chi connectivity index (χ1n) is 9.61. The van der Waals surface area contributed by atoms with Crippen LogP contribution in [0.4, 0.5) is 10.5 Å². The first-order valence-corrected chi connectivity index (χ1v) is 12.4. The fourth-order valence-electron chi connectivity index (χ4n) is 6.19. The number of fused-ring (bicyclic) bond motifs is 2. The van der Waals surface area contributed by atoms with Crippen molar-refractivity contribution >= 4 is 82.7 Å². The maximum atomic E-state index is 13.2. The average Bonchev–Trinajstić information content (AvgIpc) is 3.19. The maximum absolute atomic E-state index is 13.2. The Bertz CT molecular complexity index is 1150. The SMILES string of the molecule is CC1(C)C(Cl)CC23C4CC(=O)N2C=CC2=NC(=O)NC21N3c1cc(Br)c(Br)c(Br)c14. The van der Waals surface area contributed by atoms with Crippen LogP contribution in [0, 0.1) is 5.41 Å². The fraction of sp³-hybridized carbons (Fsp3) is 0.450. The molecule has 156 valence electrons. The minimum absolute atomic E-state index is 0.0449. The third kappa shape index (κ3) is 1.88. The van der Waals surface area contributed by atoms with Gasteiger partial charge in [0, 0.05) is 54.9 Å². The number of aliphatic imine (C=N–C) groups is 1. The number of halogens is 4. The third-order valence-corrected chi connectivity index (χ3v) is 11.6. The Morgan fingerprint density at radius 2 is 1.97 bits per heavy atom. The molecule has 0 aliphatic carbocycles. The Kier molecular flexibility index (Phi) is 3.76. The van der Waals surface area contributed by atoms with Crippen molar-refractivity contribution in [3.05, 3.63) is 37.3 Å². The van der Waals surface area contributed by atoms with Crippen LogP contribution in [0.25, 0.3) is 0 Å². The minimum atomic E-state index is -0.971. The van der Waals surface area contributed by atoms with Crippen LogP contribution in [0.5, 0.6) is 0 Å². The normalized spacial score (nSPS) is 36.9. The molecule has 2 saturated heterocycles. The van der Waals surface area contributed by atoms with E-state index >= 15 is 0 Å². The third-order valence-electron chi connectivity index (χ3n) is 7.57. The van der Waals surface area contributed by atoms with Gasteiger partial charge in [0.05, 0.1) is 5.71 Å². The second-order valence-electron chi connectivity index (χ2n) is 9.00. The molecule has 5 aliphatic rings. The minimum Gasteiger partial charge on any atom is -0.318 e. The highest BCUT2D eigenvalue weighted by molar-refractivity contribution is 9.14. The number of carbonyl (C=O) groups excluding carboxylic acids is 2. The van der Waals surface area contributed by atoms with E-state index in [-0.39, 0.29) is 23.2 Å². The van der Waals surface area contributed by atoms with Gasteiger partial charge < -0.3 is 10.2 Å². The van der Waals surface area contributed by atoms with Crippen molar-refractivity contribution in [1.29, 1.82) is 0 Å². The molecular formula is C20H16Br3ClN4O2. The lowest BCUT2D eigenvalue weighted by Crippen LogP contribution is -2.81. The van der Waals surface area contributed by atoms with Gasteiger partial charge in [0.15, 0.2) is 5.66 Å². The van der Waals surface area contributed by atoms with Crippen LogP contribution in [-0.2, 0) is 4.79 Å². The lowest BCUT2D eigenvalue weighted by Gasteiger charge is -2.63. The van der Waals surface area contributed by atoms with Gasteiger partial charge in [0.25, 0.3) is 0 Å². The Morgan fingerprint density at radius 1 is 1.23 bits per heavy atom. The zero-order valence-corrected chi connectivity index (χ0v) is 21.5. The molecule has 30 heavy (non-hydrogen) atoms. The summed E-state index contributed by atoms with van der Waals surface area (Å²) in [5, 5.41) is 2.87. The molecular weight excluding hydrogens is 603 g/mol. The summed E-state index contributed by atoms with van der Waals surface area (Å²) < 4.78 is 2.69. The molecule has 1 aromatic rings. The lowest BCUT2D eigenvalue weighted by molar-refractivity contribution is -0.129. The highest BCUT2D eigenvalue weighted by Gasteiger charge is 2.76. The smallest absolute Gasteiger partial charge is 0.318 e. The number of anilines is 1. The Morgan fingerprint density at radius 3 is 2.70 bits per heavy atom. The van der Waals surface area contributed by atoms with Crippen LogP contribution >= 0.6 is 59.4 Å². The van der Waals surface area contributed by atoms with E-state index in [4.69, 9.17) is 11.6 Å². The molecule has 5 aliphatic heterocycles. The van der Waals surface area contributed by atoms with Gasteiger partial charge in [0.2, 0.25) is 5.91 Å². The first-order chi connectivity index (χ1) is 14.1. The van der Waals surface area contributed by atoms with Gasteiger partial charge in [-0.25, -0.2) is 4.79 Å². The van der Waals surface area contributed by atoms with Crippen LogP contribution < -0.4 is 10.2 Å². The Balaban J connectivity index is 1.79. The summed E-state index contributed by atoms with van der Waals surface area (Å²) in [6.07, 6.45) is 4.55. The molecule has 2 spiro atoms. The van der Waals surface area contributed by atoms with Crippen molar-refractivity contribution in [3.8, 4) is 0 Å². The van der Waals surface area contributed by atoms with Gasteiger partial charge in [-0.3, -0.25) is 9.69 Å². The molecule has 4 atom stereocenters. The molecule has 5 heterocycles. The second-order valence-corrected chi connectivity index (χ2v) is 12.0. The molecule has 0 aromatic heterocycles. The van der Waals surface area contributed by atoms with E-state index < -0.39 is 16.7 Å². The number of nitrogens with one attached hydrogen (secondary N) is 1. The number of hydrogen-bond acceptors (Lipinski definition) is 3. The summed E-state index contributed by atoms with van der Waals surface area (Å²) >= 11 is 18.2. The predicted octanol–water partition coefficient (Wildman–Crippen LogP) is 5.23.